The van der Waals surface area contributed by atoms with E-state index in [0.29, 0.717) is 17.1 Å². The first-order chi connectivity index (χ1) is 13.1. The van der Waals surface area contributed by atoms with E-state index < -0.39 is 5.97 Å². The Balaban J connectivity index is 1.74. The zero-order valence-electron chi connectivity index (χ0n) is 15.2. The highest BCUT2D eigenvalue weighted by molar-refractivity contribution is 6.13. The van der Waals surface area contributed by atoms with Gasteiger partial charge < -0.3 is 18.8 Å². The number of methoxy groups -OCH3 is 2. The number of carbonyl (C=O) groups excluding carboxylic acids is 1. The number of rotatable bonds is 4. The number of nitrogens with zero attached hydrogens (tertiary/aromatic N) is 2. The molecule has 0 N–H and O–H groups in total. The Kier molecular flexibility index (Phi) is 4.16. The van der Waals surface area contributed by atoms with Crippen LogP contribution >= 0.6 is 0 Å². The van der Waals surface area contributed by atoms with Gasteiger partial charge in [-0.1, -0.05) is 18.2 Å². The van der Waals surface area contributed by atoms with Crippen LogP contribution in [0, 0.1) is 0 Å². The zero-order chi connectivity index (χ0) is 19.0. The van der Waals surface area contributed by atoms with E-state index in [9.17, 15) is 4.79 Å². The third kappa shape index (κ3) is 2.95. The van der Waals surface area contributed by atoms with Crippen molar-refractivity contribution in [3.05, 3.63) is 65.5 Å². The summed E-state index contributed by atoms with van der Waals surface area (Å²) in [6, 6.07) is 13.2. The molecule has 4 rings (SSSR count). The third-order valence-corrected chi connectivity index (χ3v) is 4.47. The minimum Gasteiger partial charge on any atom is -0.493 e. The van der Waals surface area contributed by atoms with Gasteiger partial charge in [0, 0.05) is 35.3 Å². The number of hydrogen-bond acceptors (Lipinski definition) is 5. The Morgan fingerprint density at radius 1 is 1.07 bits per heavy atom. The van der Waals surface area contributed by atoms with E-state index in [1.165, 1.54) is 0 Å². The smallest absolute Gasteiger partial charge is 0.363 e. The Morgan fingerprint density at radius 2 is 1.85 bits per heavy atom. The Labute approximate surface area is 156 Å². The van der Waals surface area contributed by atoms with Crippen molar-refractivity contribution in [1.82, 2.24) is 4.57 Å². The highest BCUT2D eigenvalue weighted by atomic mass is 16.6. The lowest BCUT2D eigenvalue weighted by atomic mass is 10.1. The molecule has 6 nitrogen and oxygen atoms in total. The molecule has 0 fully saturated rings. The van der Waals surface area contributed by atoms with E-state index >= 15 is 0 Å². The van der Waals surface area contributed by atoms with Crippen molar-refractivity contribution in [3.8, 4) is 11.5 Å². The summed E-state index contributed by atoms with van der Waals surface area (Å²) in [5.74, 6) is 0.901. The summed E-state index contributed by atoms with van der Waals surface area (Å²) >= 11 is 0. The Morgan fingerprint density at radius 3 is 2.63 bits per heavy atom. The van der Waals surface area contributed by atoms with Crippen molar-refractivity contribution in [3.63, 3.8) is 0 Å². The number of esters is 1. The number of cyclic esters (lactones) is 1. The zero-order valence-corrected chi connectivity index (χ0v) is 15.2. The van der Waals surface area contributed by atoms with Gasteiger partial charge in [-0.2, -0.15) is 0 Å². The third-order valence-electron chi connectivity index (χ3n) is 4.47. The lowest BCUT2D eigenvalue weighted by Gasteiger charge is -2.08. The van der Waals surface area contributed by atoms with Crippen LogP contribution in [0.25, 0.3) is 17.0 Å². The van der Waals surface area contributed by atoms with Crippen molar-refractivity contribution in [2.24, 2.45) is 12.0 Å². The molecule has 0 saturated heterocycles. The summed E-state index contributed by atoms with van der Waals surface area (Å²) in [5, 5.41) is 1.05. The van der Waals surface area contributed by atoms with E-state index in [0.717, 1.165) is 16.5 Å². The standard InChI is InChI=1S/C21H18N2O4/c1-23-12-14(15-6-4-5-7-17(15)23)10-16-21(24)27-20(22-16)13-8-9-18(25-2)19(11-13)26-3/h4-12H,1-3H3/b16-10-. The normalized spacial score (nSPS) is 15.1. The monoisotopic (exact) mass is 362 g/mol. The van der Waals surface area contributed by atoms with Crippen molar-refractivity contribution in [2.45, 2.75) is 0 Å². The number of aryl methyl sites for hydroxylation is 1. The first-order valence-electron chi connectivity index (χ1n) is 8.39. The molecule has 0 bridgehead atoms. The minimum atomic E-state index is -0.479. The van der Waals surface area contributed by atoms with Gasteiger partial charge in [-0.3, -0.25) is 0 Å². The summed E-state index contributed by atoms with van der Waals surface area (Å²) in [7, 11) is 5.08. The lowest BCUT2D eigenvalue weighted by molar-refractivity contribution is -0.129. The average Bonchev–Trinajstić information content (AvgIpc) is 3.22. The highest BCUT2D eigenvalue weighted by Gasteiger charge is 2.25. The number of carbonyl (C=O) groups is 1. The van der Waals surface area contributed by atoms with Gasteiger partial charge in [0.25, 0.3) is 0 Å². The predicted molar refractivity (Wildman–Crippen MR) is 103 cm³/mol. The SMILES string of the molecule is COc1ccc(C2=N/C(=C\c3cn(C)c4ccccc34)C(=O)O2)cc1OC. The van der Waals surface area contributed by atoms with Gasteiger partial charge in [0.2, 0.25) is 5.90 Å². The van der Waals surface area contributed by atoms with Crippen LogP contribution in [0.5, 0.6) is 11.5 Å². The summed E-state index contributed by atoms with van der Waals surface area (Å²) in [4.78, 5) is 16.7. The Hall–Kier alpha value is -3.54. The molecular weight excluding hydrogens is 344 g/mol. The summed E-state index contributed by atoms with van der Waals surface area (Å²) in [6.45, 7) is 0. The van der Waals surface area contributed by atoms with Crippen molar-refractivity contribution < 1.29 is 19.0 Å². The molecule has 6 heteroatoms. The van der Waals surface area contributed by atoms with Gasteiger partial charge in [0.05, 0.1) is 14.2 Å². The number of benzene rings is 2. The fourth-order valence-electron chi connectivity index (χ4n) is 3.14. The van der Waals surface area contributed by atoms with E-state index in [2.05, 4.69) is 4.99 Å². The molecule has 0 saturated carbocycles. The fourth-order valence-corrected chi connectivity index (χ4v) is 3.14. The van der Waals surface area contributed by atoms with Gasteiger partial charge in [0.1, 0.15) is 0 Å². The van der Waals surface area contributed by atoms with Crippen LogP contribution in [-0.2, 0) is 16.6 Å². The second kappa shape index (κ2) is 6.64. The van der Waals surface area contributed by atoms with E-state index in [1.807, 2.05) is 42.1 Å². The van der Waals surface area contributed by atoms with Gasteiger partial charge in [-0.05, 0) is 30.3 Å². The molecule has 0 atom stereocenters. The second-order valence-corrected chi connectivity index (χ2v) is 6.12. The predicted octanol–water partition coefficient (Wildman–Crippen LogP) is 3.54. The van der Waals surface area contributed by atoms with Gasteiger partial charge >= 0.3 is 5.97 Å². The van der Waals surface area contributed by atoms with E-state index in [1.54, 1.807) is 38.5 Å². The number of aromatic nitrogens is 1. The minimum absolute atomic E-state index is 0.243. The molecule has 1 aliphatic heterocycles. The quantitative estimate of drug-likeness (QED) is 0.526. The summed E-state index contributed by atoms with van der Waals surface area (Å²) < 4.78 is 17.9. The number of para-hydroxylation sites is 1. The van der Waals surface area contributed by atoms with Crippen LogP contribution in [0.2, 0.25) is 0 Å². The van der Waals surface area contributed by atoms with Crippen molar-refractivity contribution in [2.75, 3.05) is 14.2 Å². The topological polar surface area (TPSA) is 62.1 Å². The average molecular weight is 362 g/mol. The van der Waals surface area contributed by atoms with E-state index in [-0.39, 0.29) is 11.6 Å². The number of hydrogen-bond donors (Lipinski definition) is 0. The van der Waals surface area contributed by atoms with Gasteiger partial charge in [-0.15, -0.1) is 0 Å². The summed E-state index contributed by atoms with van der Waals surface area (Å²) in [5.41, 5.74) is 2.90. The fraction of sp³-hybridized carbons (Fsp3) is 0.143. The van der Waals surface area contributed by atoms with Gasteiger partial charge in [-0.25, -0.2) is 9.79 Å². The van der Waals surface area contributed by atoms with Crippen molar-refractivity contribution >= 4 is 28.8 Å². The van der Waals surface area contributed by atoms with Crippen LogP contribution in [0.4, 0.5) is 0 Å². The first kappa shape index (κ1) is 16.9. The number of ether oxygens (including phenoxy) is 3. The number of fused-ring (bicyclic) bond motifs is 1. The molecule has 0 radical (unpaired) electrons. The molecule has 3 aromatic rings. The van der Waals surface area contributed by atoms with Gasteiger partial charge in [0.15, 0.2) is 17.2 Å². The molecule has 2 aromatic carbocycles. The second-order valence-electron chi connectivity index (χ2n) is 6.12. The molecule has 0 unspecified atom stereocenters. The Bertz CT molecular complexity index is 1110. The molecule has 1 aliphatic rings. The molecule has 0 amide bonds. The molecule has 27 heavy (non-hydrogen) atoms. The maximum atomic E-state index is 12.3. The maximum absolute atomic E-state index is 12.3. The lowest BCUT2D eigenvalue weighted by Crippen LogP contribution is -2.05. The maximum Gasteiger partial charge on any atom is 0.363 e. The van der Waals surface area contributed by atoms with Crippen LogP contribution < -0.4 is 9.47 Å². The molecular formula is C21H18N2O4. The molecule has 1 aromatic heterocycles. The molecule has 2 heterocycles. The van der Waals surface area contributed by atoms with Crippen molar-refractivity contribution in [1.29, 1.82) is 0 Å². The van der Waals surface area contributed by atoms with Crippen LogP contribution in [0.1, 0.15) is 11.1 Å². The number of aliphatic imine (C=N–C) groups is 1. The molecule has 0 aliphatic carbocycles. The van der Waals surface area contributed by atoms with Crippen LogP contribution in [-0.4, -0.2) is 30.7 Å². The first-order valence-corrected chi connectivity index (χ1v) is 8.39. The van der Waals surface area contributed by atoms with E-state index in [4.69, 9.17) is 14.2 Å². The molecule has 0 spiro atoms. The molecule has 136 valence electrons. The summed E-state index contributed by atoms with van der Waals surface area (Å²) in [6.07, 6.45) is 3.72. The largest absolute Gasteiger partial charge is 0.493 e. The van der Waals surface area contributed by atoms with Crippen LogP contribution in [0.3, 0.4) is 0 Å². The van der Waals surface area contributed by atoms with Crippen LogP contribution in [0.15, 0.2) is 59.4 Å². The highest BCUT2D eigenvalue weighted by Crippen LogP contribution is 2.30.